The molecule has 1 rings (SSSR count). The first-order valence-electron chi connectivity index (χ1n) is 6.66. The van der Waals surface area contributed by atoms with Crippen LogP contribution in [0, 0.1) is 11.8 Å². The quantitative estimate of drug-likeness (QED) is 0.680. The highest BCUT2D eigenvalue weighted by Gasteiger charge is 2.16. The molecule has 0 unspecified atom stereocenters. The number of nitrogens with one attached hydrogen (secondary N) is 1. The summed E-state index contributed by atoms with van der Waals surface area (Å²) in [6, 6.07) is 0. The molecule has 88 valence electrons. The summed E-state index contributed by atoms with van der Waals surface area (Å²) in [5, 5.41) is 3.43. The monoisotopic (exact) mass is 209 g/mol. The van der Waals surface area contributed by atoms with Gasteiger partial charge in [0.25, 0.3) is 0 Å². The lowest BCUT2D eigenvalue weighted by Gasteiger charge is -2.24. The molecule has 1 N–H and O–H groups in total. The highest BCUT2D eigenvalue weighted by molar-refractivity contribution is 5.06. The molecule has 1 fully saturated rings. The Hall–Kier alpha value is -0.300. The summed E-state index contributed by atoms with van der Waals surface area (Å²) in [5.74, 6) is 1.84. The Morgan fingerprint density at radius 3 is 2.40 bits per heavy atom. The van der Waals surface area contributed by atoms with Crippen molar-refractivity contribution in [3.63, 3.8) is 0 Å². The van der Waals surface area contributed by atoms with Crippen LogP contribution in [0.1, 0.15) is 52.9 Å². The van der Waals surface area contributed by atoms with Crippen LogP contribution in [0.25, 0.3) is 0 Å². The lowest BCUT2D eigenvalue weighted by atomic mass is 9.82. The lowest BCUT2D eigenvalue weighted by molar-refractivity contribution is 0.329. The van der Waals surface area contributed by atoms with E-state index in [4.69, 9.17) is 0 Å². The Kier molecular flexibility index (Phi) is 6.00. The maximum atomic E-state index is 3.43. The van der Waals surface area contributed by atoms with E-state index in [1.54, 1.807) is 5.57 Å². The van der Waals surface area contributed by atoms with E-state index in [9.17, 15) is 0 Å². The van der Waals surface area contributed by atoms with Crippen molar-refractivity contribution in [3.8, 4) is 0 Å². The van der Waals surface area contributed by atoms with Crippen molar-refractivity contribution in [3.05, 3.63) is 11.6 Å². The fraction of sp³-hybridized carbons (Fsp3) is 0.857. The maximum Gasteiger partial charge on any atom is 0.0164 e. The molecule has 1 nitrogen and oxygen atoms in total. The number of allylic oxidation sites excluding steroid dienone is 1. The van der Waals surface area contributed by atoms with Crippen molar-refractivity contribution in [2.24, 2.45) is 11.8 Å². The minimum atomic E-state index is 0.870. The first kappa shape index (κ1) is 12.8. The van der Waals surface area contributed by atoms with E-state index in [1.807, 2.05) is 0 Å². The zero-order valence-corrected chi connectivity index (χ0v) is 10.7. The minimum Gasteiger partial charge on any atom is -0.313 e. The van der Waals surface area contributed by atoms with Crippen LogP contribution in [0.2, 0.25) is 0 Å². The summed E-state index contributed by atoms with van der Waals surface area (Å²) in [5.41, 5.74) is 1.61. The predicted octanol–water partition coefficient (Wildman–Crippen LogP) is 3.76. The van der Waals surface area contributed by atoms with Gasteiger partial charge < -0.3 is 5.32 Å². The maximum absolute atomic E-state index is 3.43. The largest absolute Gasteiger partial charge is 0.313 e. The van der Waals surface area contributed by atoms with E-state index in [-0.39, 0.29) is 0 Å². The van der Waals surface area contributed by atoms with E-state index in [2.05, 4.69) is 32.2 Å². The summed E-state index contributed by atoms with van der Waals surface area (Å²) in [7, 11) is 0. The molecule has 0 aromatic carbocycles. The van der Waals surface area contributed by atoms with Gasteiger partial charge in [-0.15, -0.1) is 0 Å². The summed E-state index contributed by atoms with van der Waals surface area (Å²) in [6.45, 7) is 9.02. The van der Waals surface area contributed by atoms with Gasteiger partial charge in [0.05, 0.1) is 0 Å². The topological polar surface area (TPSA) is 12.0 Å². The van der Waals surface area contributed by atoms with Crippen LogP contribution in [-0.2, 0) is 0 Å². The molecule has 0 aromatic rings. The summed E-state index contributed by atoms with van der Waals surface area (Å²) in [6.07, 6.45) is 9.44. The van der Waals surface area contributed by atoms with Crippen molar-refractivity contribution >= 4 is 0 Å². The second-order valence-corrected chi connectivity index (χ2v) is 4.98. The summed E-state index contributed by atoms with van der Waals surface area (Å²) in [4.78, 5) is 0. The molecule has 1 aliphatic rings. The zero-order chi connectivity index (χ0) is 11.1. The van der Waals surface area contributed by atoms with Crippen molar-refractivity contribution in [1.82, 2.24) is 5.32 Å². The van der Waals surface area contributed by atoms with E-state index in [0.29, 0.717) is 0 Å². The average Bonchev–Trinajstić information content (AvgIpc) is 2.27. The molecule has 1 saturated carbocycles. The third kappa shape index (κ3) is 4.83. The molecule has 0 radical (unpaired) electrons. The SMILES string of the molecule is CCNCC(=CC1CCC(C)CC1)CC. The van der Waals surface area contributed by atoms with Crippen LogP contribution < -0.4 is 5.32 Å². The van der Waals surface area contributed by atoms with Gasteiger partial charge in [-0.2, -0.15) is 0 Å². The molecule has 0 atom stereocenters. The predicted molar refractivity (Wildman–Crippen MR) is 68.0 cm³/mol. The van der Waals surface area contributed by atoms with Crippen LogP contribution >= 0.6 is 0 Å². The molecular formula is C14H27N. The summed E-state index contributed by atoms with van der Waals surface area (Å²) < 4.78 is 0. The molecule has 0 saturated heterocycles. The molecule has 0 bridgehead atoms. The van der Waals surface area contributed by atoms with E-state index < -0.39 is 0 Å². The van der Waals surface area contributed by atoms with Crippen molar-refractivity contribution in [2.75, 3.05) is 13.1 Å². The van der Waals surface area contributed by atoms with Crippen LogP contribution in [-0.4, -0.2) is 13.1 Å². The normalized spacial score (nSPS) is 28.1. The highest BCUT2D eigenvalue weighted by atomic mass is 14.8. The number of hydrogen-bond acceptors (Lipinski definition) is 1. The standard InChI is InChI=1S/C14H27N/c1-4-13(11-15-5-2)10-14-8-6-12(3)7-9-14/h10,12,14-15H,4-9,11H2,1-3H3. The molecule has 1 heteroatoms. The van der Waals surface area contributed by atoms with E-state index >= 15 is 0 Å². The van der Waals surface area contributed by atoms with Crippen molar-refractivity contribution in [1.29, 1.82) is 0 Å². The van der Waals surface area contributed by atoms with E-state index in [0.717, 1.165) is 24.9 Å². The third-order valence-corrected chi connectivity index (χ3v) is 3.59. The van der Waals surface area contributed by atoms with Gasteiger partial charge in [-0.25, -0.2) is 0 Å². The van der Waals surface area contributed by atoms with Gasteiger partial charge in [-0.3, -0.25) is 0 Å². The molecule has 0 spiro atoms. The smallest absolute Gasteiger partial charge is 0.0164 e. The molecule has 0 aliphatic heterocycles. The Bertz CT molecular complexity index is 188. The number of hydrogen-bond donors (Lipinski definition) is 1. The van der Waals surface area contributed by atoms with Crippen LogP contribution in [0.4, 0.5) is 0 Å². The van der Waals surface area contributed by atoms with Gasteiger partial charge in [0.2, 0.25) is 0 Å². The van der Waals surface area contributed by atoms with Gasteiger partial charge in [-0.1, -0.05) is 45.3 Å². The number of likely N-dealkylation sites (N-methyl/N-ethyl adjacent to an activating group) is 1. The van der Waals surface area contributed by atoms with Gasteiger partial charge >= 0.3 is 0 Å². The molecular weight excluding hydrogens is 182 g/mol. The molecule has 15 heavy (non-hydrogen) atoms. The van der Waals surface area contributed by atoms with Crippen LogP contribution in [0.15, 0.2) is 11.6 Å². The Labute approximate surface area is 95.3 Å². The Balaban J connectivity index is 2.37. The molecule has 0 amide bonds. The Morgan fingerprint density at radius 2 is 1.87 bits per heavy atom. The molecule has 1 aliphatic carbocycles. The second-order valence-electron chi connectivity index (χ2n) is 4.98. The van der Waals surface area contributed by atoms with Crippen molar-refractivity contribution in [2.45, 2.75) is 52.9 Å². The van der Waals surface area contributed by atoms with Gasteiger partial charge in [0, 0.05) is 6.54 Å². The number of rotatable bonds is 5. The minimum absolute atomic E-state index is 0.870. The first-order valence-corrected chi connectivity index (χ1v) is 6.66. The van der Waals surface area contributed by atoms with Gasteiger partial charge in [0.15, 0.2) is 0 Å². The molecule has 0 heterocycles. The second kappa shape index (κ2) is 7.05. The van der Waals surface area contributed by atoms with Crippen LogP contribution in [0.5, 0.6) is 0 Å². The van der Waals surface area contributed by atoms with Crippen LogP contribution in [0.3, 0.4) is 0 Å². The first-order chi connectivity index (χ1) is 7.26. The Morgan fingerprint density at radius 1 is 1.20 bits per heavy atom. The lowest BCUT2D eigenvalue weighted by Crippen LogP contribution is -2.17. The van der Waals surface area contributed by atoms with E-state index in [1.165, 1.54) is 32.1 Å². The summed E-state index contributed by atoms with van der Waals surface area (Å²) >= 11 is 0. The average molecular weight is 209 g/mol. The molecule has 0 aromatic heterocycles. The van der Waals surface area contributed by atoms with Crippen molar-refractivity contribution < 1.29 is 0 Å². The zero-order valence-electron chi connectivity index (χ0n) is 10.7. The fourth-order valence-corrected chi connectivity index (χ4v) is 2.37. The fourth-order valence-electron chi connectivity index (χ4n) is 2.37. The van der Waals surface area contributed by atoms with Gasteiger partial charge in [0.1, 0.15) is 0 Å². The highest BCUT2D eigenvalue weighted by Crippen LogP contribution is 2.29. The van der Waals surface area contributed by atoms with Gasteiger partial charge in [-0.05, 0) is 37.6 Å². The third-order valence-electron chi connectivity index (χ3n) is 3.59.